The number of hydrogen-bond acceptors (Lipinski definition) is 2. The van der Waals surface area contributed by atoms with Crippen LogP contribution in [0.15, 0.2) is 121 Å². The van der Waals surface area contributed by atoms with E-state index >= 15 is 0 Å². The Morgan fingerprint density at radius 1 is 0.500 bits per heavy atom. The molecule has 4 rings (SSSR count). The number of hydrogen-bond donors (Lipinski definition) is 0. The molecule has 0 bridgehead atoms. The monoisotopic (exact) mass is 477 g/mol. The van der Waals surface area contributed by atoms with Gasteiger partial charge in [-0.25, -0.2) is 0 Å². The van der Waals surface area contributed by atoms with E-state index in [9.17, 15) is 0 Å². The molecule has 0 aliphatic rings. The summed E-state index contributed by atoms with van der Waals surface area (Å²) in [5.41, 5.74) is 3.97. The van der Waals surface area contributed by atoms with Crippen LogP contribution in [0.1, 0.15) is 60.8 Å². The maximum atomic E-state index is 6.74. The summed E-state index contributed by atoms with van der Waals surface area (Å²) in [6.07, 6.45) is 6.80. The molecular weight excluding hydrogens is 440 g/mol. The maximum absolute atomic E-state index is 6.74. The maximum Gasteiger partial charge on any atom is 0.144 e. The van der Waals surface area contributed by atoms with Gasteiger partial charge in [-0.15, -0.1) is 0 Å². The van der Waals surface area contributed by atoms with Gasteiger partial charge in [0.25, 0.3) is 0 Å². The Morgan fingerprint density at radius 3 is 1.47 bits per heavy atom. The molecule has 185 valence electrons. The van der Waals surface area contributed by atoms with Gasteiger partial charge in [-0.1, -0.05) is 147 Å². The smallest absolute Gasteiger partial charge is 0.144 e. The van der Waals surface area contributed by atoms with Gasteiger partial charge in [-0.05, 0) is 35.1 Å². The fourth-order valence-electron chi connectivity index (χ4n) is 4.63. The van der Waals surface area contributed by atoms with Crippen molar-refractivity contribution in [3.63, 3.8) is 0 Å². The molecule has 2 heteroatoms. The van der Waals surface area contributed by atoms with Crippen molar-refractivity contribution in [3.05, 3.63) is 150 Å². The molecule has 0 aliphatic heterocycles. The molecule has 0 aromatic heterocycles. The lowest BCUT2D eigenvalue weighted by Crippen LogP contribution is -2.32. The molecule has 2 nitrogen and oxygen atoms in total. The zero-order chi connectivity index (χ0) is 24.7. The third kappa shape index (κ3) is 7.16. The van der Waals surface area contributed by atoms with Crippen molar-refractivity contribution in [1.29, 1.82) is 0 Å². The van der Waals surface area contributed by atoms with Gasteiger partial charge < -0.3 is 9.47 Å². The van der Waals surface area contributed by atoms with E-state index in [4.69, 9.17) is 9.47 Å². The van der Waals surface area contributed by atoms with Crippen LogP contribution >= 0.6 is 0 Å². The van der Waals surface area contributed by atoms with E-state index in [1.165, 1.54) is 24.8 Å². The molecule has 0 unspecified atom stereocenters. The van der Waals surface area contributed by atoms with Crippen LogP contribution in [0.4, 0.5) is 0 Å². The first kappa shape index (κ1) is 25.9. The Bertz CT molecular complexity index is 998. The van der Waals surface area contributed by atoms with Crippen LogP contribution < -0.4 is 0 Å². The Morgan fingerprint density at radius 2 is 0.944 bits per heavy atom. The van der Waals surface area contributed by atoms with E-state index < -0.39 is 5.60 Å². The molecule has 0 atom stereocenters. The molecule has 0 spiro atoms. The Labute approximate surface area is 216 Å². The molecule has 0 amide bonds. The van der Waals surface area contributed by atoms with E-state index in [1.807, 2.05) is 12.7 Å². The molecule has 0 N–H and O–H groups in total. The highest BCUT2D eigenvalue weighted by Crippen LogP contribution is 2.41. The van der Waals surface area contributed by atoms with Gasteiger partial charge in [0, 0.05) is 6.61 Å². The summed E-state index contributed by atoms with van der Waals surface area (Å²) in [7, 11) is 0. The lowest BCUT2D eigenvalue weighted by molar-refractivity contribution is 0.0563. The van der Waals surface area contributed by atoms with Crippen LogP contribution in [0.25, 0.3) is 0 Å². The minimum Gasteiger partial charge on any atom is -0.377 e. The summed E-state index contributed by atoms with van der Waals surface area (Å²) in [4.78, 5) is 0. The summed E-state index contributed by atoms with van der Waals surface area (Å²) in [5, 5.41) is 0. The minimum atomic E-state index is -0.667. The van der Waals surface area contributed by atoms with Crippen molar-refractivity contribution in [2.75, 3.05) is 6.61 Å². The van der Waals surface area contributed by atoms with Gasteiger partial charge in [-0.2, -0.15) is 0 Å². The van der Waals surface area contributed by atoms with Crippen molar-refractivity contribution >= 4 is 0 Å². The molecule has 1 radical (unpaired) electrons. The zero-order valence-electron chi connectivity index (χ0n) is 21.1. The van der Waals surface area contributed by atoms with Crippen molar-refractivity contribution in [2.24, 2.45) is 0 Å². The Balaban J connectivity index is 1.27. The van der Waals surface area contributed by atoms with Crippen LogP contribution in [-0.2, 0) is 21.7 Å². The quantitative estimate of drug-likeness (QED) is 0.126. The molecule has 36 heavy (non-hydrogen) atoms. The molecular formula is C34H37O2. The fraction of sp³-hybridized carbons (Fsp3) is 0.265. The van der Waals surface area contributed by atoms with Gasteiger partial charge in [0.15, 0.2) is 0 Å². The Kier molecular flexibility index (Phi) is 10.3. The highest BCUT2D eigenvalue weighted by Gasteiger charge is 2.37. The molecule has 4 aromatic carbocycles. The van der Waals surface area contributed by atoms with E-state index in [0.29, 0.717) is 6.61 Å². The first-order valence-corrected chi connectivity index (χ1v) is 13.2. The van der Waals surface area contributed by atoms with Crippen LogP contribution in [-0.4, -0.2) is 6.61 Å². The predicted octanol–water partition coefficient (Wildman–Crippen LogP) is 8.71. The standard InChI is InChI=1S/C34H37O2/c1(3-17-27-35-29-30-19-9-5-10-20-30)2-4-18-28-36-34(31-21-11-6-12-22-31,32-23-13-7-14-24-32)33-25-15-8-16-26-33/h5-16,19-26,28H,1-4,17-18,27,29H2. The van der Waals surface area contributed by atoms with Gasteiger partial charge in [0.2, 0.25) is 0 Å². The van der Waals surface area contributed by atoms with Crippen molar-refractivity contribution in [2.45, 2.75) is 50.7 Å². The van der Waals surface area contributed by atoms with Crippen molar-refractivity contribution in [3.8, 4) is 0 Å². The summed E-state index contributed by atoms with van der Waals surface area (Å²) in [5.74, 6) is 0. The first-order chi connectivity index (χ1) is 17.9. The molecule has 0 saturated heterocycles. The average molecular weight is 478 g/mol. The third-order valence-corrected chi connectivity index (χ3v) is 6.52. The highest BCUT2D eigenvalue weighted by molar-refractivity contribution is 5.47. The summed E-state index contributed by atoms with van der Waals surface area (Å²) >= 11 is 0. The van der Waals surface area contributed by atoms with Crippen molar-refractivity contribution in [1.82, 2.24) is 0 Å². The van der Waals surface area contributed by atoms with Gasteiger partial charge in [-0.3, -0.25) is 0 Å². The third-order valence-electron chi connectivity index (χ3n) is 6.52. The van der Waals surface area contributed by atoms with Crippen LogP contribution in [0.5, 0.6) is 0 Å². The second kappa shape index (κ2) is 14.4. The molecule has 0 aliphatic carbocycles. The SMILES string of the molecule is [CH](CCCCCCCOCc1ccccc1)OC(c1ccccc1)(c1ccccc1)c1ccccc1. The number of rotatable bonds is 15. The largest absolute Gasteiger partial charge is 0.377 e. The van der Waals surface area contributed by atoms with E-state index in [0.717, 1.165) is 42.6 Å². The Hall–Kier alpha value is -3.20. The molecule has 0 saturated carbocycles. The number of benzene rings is 4. The summed E-state index contributed by atoms with van der Waals surface area (Å²) in [6, 6.07) is 42.0. The fourth-order valence-corrected chi connectivity index (χ4v) is 4.63. The topological polar surface area (TPSA) is 18.5 Å². The van der Waals surface area contributed by atoms with Crippen LogP contribution in [0, 0.1) is 6.61 Å². The van der Waals surface area contributed by atoms with E-state index in [-0.39, 0.29) is 0 Å². The van der Waals surface area contributed by atoms with Gasteiger partial charge >= 0.3 is 0 Å². The summed E-state index contributed by atoms with van der Waals surface area (Å²) < 4.78 is 12.5. The second-order valence-electron chi connectivity index (χ2n) is 9.16. The van der Waals surface area contributed by atoms with E-state index in [1.54, 1.807) is 0 Å². The average Bonchev–Trinajstić information content (AvgIpc) is 2.96. The minimum absolute atomic E-state index is 0.667. The predicted molar refractivity (Wildman–Crippen MR) is 148 cm³/mol. The van der Waals surface area contributed by atoms with Crippen LogP contribution in [0.2, 0.25) is 0 Å². The zero-order valence-corrected chi connectivity index (χ0v) is 21.1. The highest BCUT2D eigenvalue weighted by atomic mass is 16.5. The number of ether oxygens (including phenoxy) is 2. The van der Waals surface area contributed by atoms with Gasteiger partial charge in [0.1, 0.15) is 5.60 Å². The van der Waals surface area contributed by atoms with Crippen molar-refractivity contribution < 1.29 is 9.47 Å². The number of unbranched alkanes of at least 4 members (excludes halogenated alkanes) is 5. The normalized spacial score (nSPS) is 11.4. The van der Waals surface area contributed by atoms with Gasteiger partial charge in [0.05, 0.1) is 13.2 Å². The second-order valence-corrected chi connectivity index (χ2v) is 9.16. The summed E-state index contributed by atoms with van der Waals surface area (Å²) in [6.45, 7) is 3.56. The van der Waals surface area contributed by atoms with Crippen LogP contribution in [0.3, 0.4) is 0 Å². The van der Waals surface area contributed by atoms with E-state index in [2.05, 4.69) is 115 Å². The molecule has 0 heterocycles. The first-order valence-electron chi connectivity index (χ1n) is 13.2. The lowest BCUT2D eigenvalue weighted by atomic mass is 9.80. The molecule has 0 fully saturated rings. The molecule has 4 aromatic rings. The lowest BCUT2D eigenvalue weighted by Gasteiger charge is -2.35.